The van der Waals surface area contributed by atoms with Crippen molar-refractivity contribution >= 4 is 64.9 Å². The summed E-state index contributed by atoms with van der Waals surface area (Å²) in [6.07, 6.45) is 5.13. The van der Waals surface area contributed by atoms with Crippen molar-refractivity contribution in [3.05, 3.63) is 60.8 Å². The number of nitrogens with zero attached hydrogens (tertiary/aromatic N) is 4. The van der Waals surface area contributed by atoms with E-state index in [1.807, 2.05) is 24.3 Å². The fourth-order valence-corrected chi connectivity index (χ4v) is 4.96. The first kappa shape index (κ1) is 16.7. The zero-order chi connectivity index (χ0) is 20.5. The maximum Gasteiger partial charge on any atom is 0.181 e. The molecule has 0 fully saturated rings. The van der Waals surface area contributed by atoms with Crippen molar-refractivity contribution in [2.24, 2.45) is 0 Å². The minimum absolute atomic E-state index is 0.339. The second-order valence-electron chi connectivity index (χ2n) is 7.33. The van der Waals surface area contributed by atoms with Gasteiger partial charge in [-0.05, 0) is 30.3 Å². The molecule has 9 heteroatoms. The summed E-state index contributed by atoms with van der Waals surface area (Å²) in [5, 5.41) is 8.23. The Morgan fingerprint density at radius 3 is 2.84 bits per heavy atom. The number of fused-ring (bicyclic) bond motifs is 9. The lowest BCUT2D eigenvalue weighted by Crippen LogP contribution is -1.84. The van der Waals surface area contributed by atoms with Crippen molar-refractivity contribution in [2.45, 2.75) is 0 Å². The van der Waals surface area contributed by atoms with Gasteiger partial charge in [0.1, 0.15) is 17.0 Å². The molecule has 31 heavy (non-hydrogen) atoms. The average molecular weight is 425 g/mol. The summed E-state index contributed by atoms with van der Waals surface area (Å²) < 4.78 is 16.0. The van der Waals surface area contributed by atoms with Crippen LogP contribution in [0.15, 0.2) is 55.0 Å². The van der Waals surface area contributed by atoms with E-state index < -0.39 is 0 Å². The first-order valence-electron chi connectivity index (χ1n) is 9.58. The Bertz CT molecular complexity index is 1820. The van der Waals surface area contributed by atoms with E-state index in [0.717, 1.165) is 31.5 Å². The number of aromatic amines is 3. The minimum Gasteiger partial charge on any atom is -0.346 e. The van der Waals surface area contributed by atoms with Gasteiger partial charge >= 0.3 is 0 Å². The molecular weight excluding hydrogens is 413 g/mol. The van der Waals surface area contributed by atoms with Crippen molar-refractivity contribution in [3.8, 4) is 11.3 Å². The highest BCUT2D eigenvalue weighted by Crippen LogP contribution is 2.33. The van der Waals surface area contributed by atoms with Gasteiger partial charge in [-0.15, -0.1) is 11.3 Å². The third-order valence-corrected chi connectivity index (χ3v) is 6.48. The Morgan fingerprint density at radius 1 is 0.903 bits per heavy atom. The van der Waals surface area contributed by atoms with Gasteiger partial charge in [0.05, 0.1) is 22.1 Å². The summed E-state index contributed by atoms with van der Waals surface area (Å²) in [4.78, 5) is 22.5. The maximum absolute atomic E-state index is 15.0. The Balaban J connectivity index is 1.76. The molecule has 4 aromatic heterocycles. The lowest BCUT2D eigenvalue weighted by molar-refractivity contribution is 0.641. The van der Waals surface area contributed by atoms with Crippen LogP contribution in [0, 0.1) is 5.82 Å². The van der Waals surface area contributed by atoms with E-state index in [2.05, 4.69) is 30.1 Å². The molecule has 0 saturated carbocycles. The summed E-state index contributed by atoms with van der Waals surface area (Å²) in [7, 11) is 0. The van der Waals surface area contributed by atoms with Crippen LogP contribution in [0.25, 0.3) is 64.8 Å². The molecule has 0 atom stereocenters. The lowest BCUT2D eigenvalue weighted by atomic mass is 10.1. The van der Waals surface area contributed by atoms with Gasteiger partial charge in [0.25, 0.3) is 0 Å². The molecule has 7 rings (SSSR count). The van der Waals surface area contributed by atoms with E-state index in [0.29, 0.717) is 33.3 Å². The SMILES string of the molecule is Fc1cc2[nH][nH]c3c4nc5nccc(c6ccc([nH]c7cncc(c7)c1cc2-3)s6)c5n4. The molecule has 0 aliphatic carbocycles. The predicted octanol–water partition coefficient (Wildman–Crippen LogP) is 5.45. The van der Waals surface area contributed by atoms with E-state index in [1.165, 1.54) is 6.07 Å². The number of hydrogen-bond acceptors (Lipinski definition) is 5. The lowest BCUT2D eigenvalue weighted by Gasteiger charge is -2.01. The number of nitrogens with one attached hydrogen (secondary N) is 3. The summed E-state index contributed by atoms with van der Waals surface area (Å²) in [5.41, 5.74) is 4.71. The first-order chi connectivity index (χ1) is 15.2. The Morgan fingerprint density at radius 2 is 1.87 bits per heavy atom. The van der Waals surface area contributed by atoms with Gasteiger partial charge < -0.3 is 4.98 Å². The van der Waals surface area contributed by atoms with Crippen molar-refractivity contribution in [2.75, 3.05) is 0 Å². The van der Waals surface area contributed by atoms with Crippen LogP contribution in [0.3, 0.4) is 0 Å². The molecule has 8 bridgehead atoms. The van der Waals surface area contributed by atoms with E-state index in [9.17, 15) is 4.39 Å². The number of imidazole rings is 1. The molecule has 0 unspecified atom stereocenters. The number of pyridine rings is 2. The molecule has 0 radical (unpaired) electrons. The largest absolute Gasteiger partial charge is 0.346 e. The van der Waals surface area contributed by atoms with Crippen LogP contribution in [0.5, 0.6) is 0 Å². The number of H-pyrrole nitrogens is 3. The third-order valence-electron chi connectivity index (χ3n) is 5.45. The summed E-state index contributed by atoms with van der Waals surface area (Å²) in [6, 6.07) is 11.2. The van der Waals surface area contributed by atoms with Crippen molar-refractivity contribution in [1.29, 1.82) is 0 Å². The number of benzene rings is 1. The normalized spacial score (nSPS) is 12.0. The molecular formula is C22H12FN7S. The number of rotatable bonds is 0. The molecule has 2 aliphatic rings. The van der Waals surface area contributed by atoms with Crippen molar-refractivity contribution in [3.63, 3.8) is 0 Å². The number of aromatic nitrogens is 7. The molecule has 0 saturated heterocycles. The molecule has 148 valence electrons. The molecule has 0 amide bonds. The minimum atomic E-state index is -0.339. The summed E-state index contributed by atoms with van der Waals surface area (Å²) in [5.74, 6) is -0.339. The van der Waals surface area contributed by atoms with Gasteiger partial charge in [-0.1, -0.05) is 0 Å². The number of halogens is 1. The monoisotopic (exact) mass is 425 g/mol. The quantitative estimate of drug-likeness (QED) is 0.301. The second-order valence-corrected chi connectivity index (χ2v) is 8.42. The molecule has 6 heterocycles. The zero-order valence-corrected chi connectivity index (χ0v) is 16.6. The van der Waals surface area contributed by atoms with Crippen LogP contribution >= 0.6 is 11.3 Å². The molecule has 0 spiro atoms. The van der Waals surface area contributed by atoms with Gasteiger partial charge in [0, 0.05) is 44.9 Å². The number of thiophene rings is 1. The fourth-order valence-electron chi connectivity index (χ4n) is 4.00. The Kier molecular flexibility index (Phi) is 3.20. The Hall–Kier alpha value is -4.11. The number of hydrogen-bond donors (Lipinski definition) is 3. The van der Waals surface area contributed by atoms with Gasteiger partial charge in [0.15, 0.2) is 11.3 Å². The van der Waals surface area contributed by atoms with Crippen molar-refractivity contribution < 1.29 is 4.39 Å². The maximum atomic E-state index is 15.0. The topological polar surface area (TPSA) is 98.9 Å². The van der Waals surface area contributed by atoms with E-state index in [1.54, 1.807) is 36.0 Å². The average Bonchev–Trinajstić information content (AvgIpc) is 3.50. The molecule has 1 aromatic carbocycles. The van der Waals surface area contributed by atoms with Crippen molar-refractivity contribution in [1.82, 2.24) is 35.1 Å². The first-order valence-corrected chi connectivity index (χ1v) is 10.4. The standard InChI is InChI=1S/C22H12FN7S/c23-15-7-16-14-6-13(15)10-5-11(9-24-8-10)26-18-2-1-17(31-18)12-3-4-25-21-19(12)27-22(28-21)20(14)30-29-16/h1-9,26,29-30H. The van der Waals surface area contributed by atoms with Gasteiger partial charge in [-0.3, -0.25) is 15.2 Å². The van der Waals surface area contributed by atoms with E-state index in [4.69, 9.17) is 4.98 Å². The predicted molar refractivity (Wildman–Crippen MR) is 120 cm³/mol. The summed E-state index contributed by atoms with van der Waals surface area (Å²) >= 11 is 1.60. The third kappa shape index (κ3) is 2.44. The van der Waals surface area contributed by atoms with Crippen LogP contribution in [-0.4, -0.2) is 35.1 Å². The highest BCUT2D eigenvalue weighted by atomic mass is 32.1. The Labute approximate surface area is 176 Å². The van der Waals surface area contributed by atoms with E-state index >= 15 is 0 Å². The van der Waals surface area contributed by atoms with E-state index in [-0.39, 0.29) is 5.82 Å². The van der Waals surface area contributed by atoms with Crippen LogP contribution in [0.1, 0.15) is 0 Å². The fraction of sp³-hybridized carbons (Fsp3) is 0. The van der Waals surface area contributed by atoms with Gasteiger partial charge in [-0.25, -0.2) is 19.3 Å². The molecule has 5 aromatic rings. The molecule has 7 nitrogen and oxygen atoms in total. The zero-order valence-electron chi connectivity index (χ0n) is 15.8. The molecule has 2 aliphatic heterocycles. The van der Waals surface area contributed by atoms with Gasteiger partial charge in [-0.2, -0.15) is 0 Å². The van der Waals surface area contributed by atoms with Crippen LogP contribution in [-0.2, 0) is 0 Å². The molecule has 3 N–H and O–H groups in total. The second kappa shape index (κ2) is 5.96. The summed E-state index contributed by atoms with van der Waals surface area (Å²) in [6.45, 7) is 0. The van der Waals surface area contributed by atoms with Crippen LogP contribution < -0.4 is 0 Å². The smallest absolute Gasteiger partial charge is 0.181 e. The highest BCUT2D eigenvalue weighted by molar-refractivity contribution is 7.23. The van der Waals surface area contributed by atoms with Crippen LogP contribution in [0.4, 0.5) is 4.39 Å². The highest BCUT2D eigenvalue weighted by Gasteiger charge is 2.16. The van der Waals surface area contributed by atoms with Gasteiger partial charge in [0.2, 0.25) is 0 Å². The van der Waals surface area contributed by atoms with Crippen LogP contribution in [0.2, 0.25) is 0 Å².